The Kier molecular flexibility index (Phi) is 6.63. The van der Waals surface area contributed by atoms with Crippen LogP contribution in [-0.4, -0.2) is 32.1 Å². The van der Waals surface area contributed by atoms with Gasteiger partial charge in [0.1, 0.15) is 6.04 Å². The van der Waals surface area contributed by atoms with E-state index in [2.05, 4.69) is 20.6 Å². The van der Waals surface area contributed by atoms with Crippen LogP contribution < -0.4 is 16.7 Å². The largest absolute Gasteiger partial charge is 0.371 e. The molecule has 0 rings (SSSR count). The summed E-state index contributed by atoms with van der Waals surface area (Å²) in [5.41, 5.74) is 9.83. The van der Waals surface area contributed by atoms with Crippen molar-refractivity contribution >= 4 is 11.9 Å². The van der Waals surface area contributed by atoms with E-state index in [1.807, 2.05) is 0 Å². The summed E-state index contributed by atoms with van der Waals surface area (Å²) in [4.78, 5) is 30.6. The molecular formula is C7H15N3O4. The maximum absolute atomic E-state index is 10.9. The first-order chi connectivity index (χ1) is 6.61. The Morgan fingerprint density at radius 2 is 1.86 bits per heavy atom. The van der Waals surface area contributed by atoms with Crippen LogP contribution in [-0.2, 0) is 19.3 Å². The summed E-state index contributed by atoms with van der Waals surface area (Å²) in [6.07, 6.45) is 0.238. The number of carbonyl (C=O) groups is 2. The monoisotopic (exact) mass is 205 g/mol. The molecule has 82 valence electrons. The topological polar surface area (TPSA) is 103 Å². The van der Waals surface area contributed by atoms with Crippen LogP contribution >= 0.6 is 0 Å². The first-order valence-corrected chi connectivity index (χ1v) is 4.11. The third-order valence-electron chi connectivity index (χ3n) is 1.38. The fourth-order valence-corrected chi connectivity index (χ4v) is 0.732. The molecule has 0 aliphatic heterocycles. The number of rotatable bonds is 6. The lowest BCUT2D eigenvalue weighted by atomic mass is 10.2. The summed E-state index contributed by atoms with van der Waals surface area (Å²) in [5.74, 6) is -1.08. The second-order valence-electron chi connectivity index (χ2n) is 2.45. The fraction of sp³-hybridized carbons (Fsp3) is 0.714. The first kappa shape index (κ1) is 12.8. The molecule has 0 bridgehead atoms. The van der Waals surface area contributed by atoms with E-state index >= 15 is 0 Å². The van der Waals surface area contributed by atoms with Crippen LogP contribution in [0.3, 0.4) is 0 Å². The highest BCUT2D eigenvalue weighted by Crippen LogP contribution is 1.97. The molecule has 0 aliphatic carbocycles. The zero-order chi connectivity index (χ0) is 11.0. The molecule has 4 N–H and O–H groups in total. The third kappa shape index (κ3) is 5.46. The maximum atomic E-state index is 10.9. The zero-order valence-electron chi connectivity index (χ0n) is 8.20. The molecule has 7 heteroatoms. The average molecular weight is 205 g/mol. The van der Waals surface area contributed by atoms with Crippen LogP contribution in [0.15, 0.2) is 0 Å². The highest BCUT2D eigenvalue weighted by molar-refractivity contribution is 5.76. The molecule has 0 saturated carbocycles. The van der Waals surface area contributed by atoms with Crippen LogP contribution in [0.4, 0.5) is 0 Å². The molecule has 1 atom stereocenters. The van der Waals surface area contributed by atoms with E-state index in [4.69, 9.17) is 5.73 Å². The Labute approximate surface area is 81.8 Å². The predicted molar refractivity (Wildman–Crippen MR) is 47.5 cm³/mol. The molecule has 0 aliphatic rings. The first-order valence-electron chi connectivity index (χ1n) is 4.11. The summed E-state index contributed by atoms with van der Waals surface area (Å²) < 4.78 is 0. The van der Waals surface area contributed by atoms with Crippen molar-refractivity contribution in [1.29, 1.82) is 0 Å². The molecule has 0 amide bonds. The van der Waals surface area contributed by atoms with Gasteiger partial charge in [0.05, 0.1) is 0 Å². The van der Waals surface area contributed by atoms with Crippen molar-refractivity contribution in [1.82, 2.24) is 11.0 Å². The van der Waals surface area contributed by atoms with Gasteiger partial charge in [-0.3, -0.25) is 4.79 Å². The lowest BCUT2D eigenvalue weighted by Gasteiger charge is -2.08. The van der Waals surface area contributed by atoms with Crippen LogP contribution in [0.1, 0.15) is 12.8 Å². The fourth-order valence-electron chi connectivity index (χ4n) is 0.732. The van der Waals surface area contributed by atoms with Crippen LogP contribution in [0.25, 0.3) is 0 Å². The van der Waals surface area contributed by atoms with E-state index in [-0.39, 0.29) is 12.8 Å². The quantitative estimate of drug-likeness (QED) is 0.451. The number of nitrogens with one attached hydrogen (secondary N) is 2. The van der Waals surface area contributed by atoms with Crippen LogP contribution in [0.2, 0.25) is 0 Å². The van der Waals surface area contributed by atoms with Crippen LogP contribution in [0, 0.1) is 0 Å². The standard InChI is InChI=1S/C7H15N3O4/c1-9-13-6(11)4-3-5(8)7(12)14-10-2/h5,9-10H,3-4,8H2,1-2H3/t5-/m0/s1. The van der Waals surface area contributed by atoms with Gasteiger partial charge in [-0.05, 0) is 6.42 Å². The SMILES string of the molecule is CNOC(=O)CC[C@H](N)C(=O)ONC. The molecule has 0 radical (unpaired) electrons. The minimum absolute atomic E-state index is 0.0564. The molecule has 0 fully saturated rings. The zero-order valence-corrected chi connectivity index (χ0v) is 8.20. The lowest BCUT2D eigenvalue weighted by molar-refractivity contribution is -0.153. The molecule has 0 unspecified atom stereocenters. The van der Waals surface area contributed by atoms with Gasteiger partial charge in [-0.2, -0.15) is 11.0 Å². The van der Waals surface area contributed by atoms with Gasteiger partial charge in [0, 0.05) is 20.5 Å². The van der Waals surface area contributed by atoms with E-state index in [1.54, 1.807) is 0 Å². The number of hydrogen-bond acceptors (Lipinski definition) is 7. The smallest absolute Gasteiger partial charge is 0.341 e. The van der Waals surface area contributed by atoms with Crippen molar-refractivity contribution in [3.05, 3.63) is 0 Å². The molecule has 0 spiro atoms. The Balaban J connectivity index is 3.67. The Morgan fingerprint density at radius 1 is 1.29 bits per heavy atom. The van der Waals surface area contributed by atoms with E-state index in [1.165, 1.54) is 14.1 Å². The van der Waals surface area contributed by atoms with Crippen molar-refractivity contribution in [3.63, 3.8) is 0 Å². The van der Waals surface area contributed by atoms with Gasteiger partial charge in [0.2, 0.25) is 0 Å². The molecule has 0 saturated heterocycles. The summed E-state index contributed by atoms with van der Waals surface area (Å²) >= 11 is 0. The maximum Gasteiger partial charge on any atom is 0.341 e. The van der Waals surface area contributed by atoms with Crippen molar-refractivity contribution in [3.8, 4) is 0 Å². The molecule has 14 heavy (non-hydrogen) atoms. The summed E-state index contributed by atoms with van der Waals surface area (Å²) in [6, 6.07) is -0.827. The van der Waals surface area contributed by atoms with Crippen molar-refractivity contribution in [2.45, 2.75) is 18.9 Å². The summed E-state index contributed by atoms with van der Waals surface area (Å²) in [5, 5.41) is 0. The average Bonchev–Trinajstić information content (AvgIpc) is 2.15. The third-order valence-corrected chi connectivity index (χ3v) is 1.38. The van der Waals surface area contributed by atoms with Gasteiger partial charge in [0.25, 0.3) is 0 Å². The Morgan fingerprint density at radius 3 is 2.36 bits per heavy atom. The van der Waals surface area contributed by atoms with Gasteiger partial charge < -0.3 is 15.4 Å². The minimum Gasteiger partial charge on any atom is -0.371 e. The number of nitrogens with two attached hydrogens (primary N) is 1. The van der Waals surface area contributed by atoms with E-state index in [0.717, 1.165) is 0 Å². The van der Waals surface area contributed by atoms with E-state index in [9.17, 15) is 9.59 Å². The van der Waals surface area contributed by atoms with Gasteiger partial charge in [-0.15, -0.1) is 0 Å². The Bertz CT molecular complexity index is 197. The summed E-state index contributed by atoms with van der Waals surface area (Å²) in [7, 11) is 2.91. The molecule has 0 aromatic rings. The molecule has 0 aromatic carbocycles. The normalized spacial score (nSPS) is 11.9. The minimum atomic E-state index is -0.827. The highest BCUT2D eigenvalue weighted by Gasteiger charge is 2.16. The number of hydroxylamine groups is 2. The van der Waals surface area contributed by atoms with Gasteiger partial charge in [0.15, 0.2) is 0 Å². The highest BCUT2D eigenvalue weighted by atomic mass is 16.7. The van der Waals surface area contributed by atoms with Crippen molar-refractivity contribution in [2.75, 3.05) is 14.1 Å². The predicted octanol–water partition coefficient (Wildman–Crippen LogP) is -1.55. The molecular weight excluding hydrogens is 190 g/mol. The second kappa shape index (κ2) is 7.25. The van der Waals surface area contributed by atoms with Gasteiger partial charge >= 0.3 is 11.9 Å². The molecule has 7 nitrogen and oxygen atoms in total. The Hall–Kier alpha value is -1.18. The lowest BCUT2D eigenvalue weighted by Crippen LogP contribution is -2.35. The van der Waals surface area contributed by atoms with Gasteiger partial charge in [-0.25, -0.2) is 4.79 Å². The van der Waals surface area contributed by atoms with Crippen molar-refractivity contribution < 1.29 is 19.3 Å². The van der Waals surface area contributed by atoms with Crippen LogP contribution in [0.5, 0.6) is 0 Å². The molecule has 0 heterocycles. The molecule has 0 aromatic heterocycles. The van der Waals surface area contributed by atoms with Gasteiger partial charge in [-0.1, -0.05) is 0 Å². The second-order valence-corrected chi connectivity index (χ2v) is 2.45. The summed E-state index contributed by atoms with van der Waals surface area (Å²) in [6.45, 7) is 0. The number of carbonyl (C=O) groups excluding carboxylic acids is 2. The number of hydrogen-bond donors (Lipinski definition) is 3. The van der Waals surface area contributed by atoms with E-state index in [0.29, 0.717) is 0 Å². The van der Waals surface area contributed by atoms with E-state index < -0.39 is 18.0 Å². The van der Waals surface area contributed by atoms with Crippen molar-refractivity contribution in [2.24, 2.45) is 5.73 Å².